The first-order chi connectivity index (χ1) is 11.2. The number of aromatic nitrogens is 2. The van der Waals surface area contributed by atoms with Crippen LogP contribution in [-0.4, -0.2) is 41.3 Å². The molecule has 8 heteroatoms. The Morgan fingerprint density at radius 3 is 2.76 bits per heavy atom. The summed E-state index contributed by atoms with van der Waals surface area (Å²) in [5, 5.41) is 11.3. The summed E-state index contributed by atoms with van der Waals surface area (Å²) in [7, 11) is 0. The molecule has 2 bridgehead atoms. The second kappa shape index (κ2) is 8.52. The van der Waals surface area contributed by atoms with Crippen molar-refractivity contribution in [1.82, 2.24) is 15.5 Å². The average molecular weight is 388 g/mol. The van der Waals surface area contributed by atoms with E-state index in [1.54, 1.807) is 6.20 Å². The second-order valence-electron chi connectivity index (χ2n) is 7.25. The van der Waals surface area contributed by atoms with Gasteiger partial charge in [-0.25, -0.2) is 0 Å². The van der Waals surface area contributed by atoms with Crippen LogP contribution in [0.25, 0.3) is 0 Å². The molecule has 3 aliphatic rings. The quantitative estimate of drug-likeness (QED) is 0.822. The molecule has 1 amide bonds. The van der Waals surface area contributed by atoms with E-state index >= 15 is 0 Å². The molecule has 5 unspecified atom stereocenters. The third kappa shape index (κ3) is 3.86. The van der Waals surface area contributed by atoms with Gasteiger partial charge in [-0.1, -0.05) is 0 Å². The second-order valence-corrected chi connectivity index (χ2v) is 7.25. The molecule has 1 aromatic heterocycles. The molecule has 3 N–H and O–H groups in total. The summed E-state index contributed by atoms with van der Waals surface area (Å²) in [5.74, 6) is 2.17. The zero-order chi connectivity index (χ0) is 15.8. The van der Waals surface area contributed by atoms with Crippen LogP contribution in [0.5, 0.6) is 0 Å². The number of halogens is 2. The van der Waals surface area contributed by atoms with Crippen LogP contribution in [0.4, 0.5) is 5.82 Å². The van der Waals surface area contributed by atoms with Crippen LogP contribution in [0.3, 0.4) is 0 Å². The topological polar surface area (TPSA) is 84.1 Å². The first kappa shape index (κ1) is 20.2. The van der Waals surface area contributed by atoms with Crippen molar-refractivity contribution in [1.29, 1.82) is 0 Å². The normalized spacial score (nSPS) is 32.8. The van der Waals surface area contributed by atoms with Crippen molar-refractivity contribution in [3.8, 4) is 0 Å². The average Bonchev–Trinajstić information content (AvgIpc) is 3.29. The Morgan fingerprint density at radius 1 is 1.28 bits per heavy atom. The lowest BCUT2D eigenvalue weighted by Crippen LogP contribution is -2.48. The molecule has 3 fully saturated rings. The molecule has 0 aromatic carbocycles. The third-order valence-electron chi connectivity index (χ3n) is 6.02. The van der Waals surface area contributed by atoms with E-state index < -0.39 is 0 Å². The highest BCUT2D eigenvalue weighted by Crippen LogP contribution is 2.47. The van der Waals surface area contributed by atoms with Crippen LogP contribution in [0.1, 0.15) is 32.1 Å². The van der Waals surface area contributed by atoms with Gasteiger partial charge in [0, 0.05) is 31.4 Å². The van der Waals surface area contributed by atoms with Crippen molar-refractivity contribution in [2.45, 2.75) is 44.2 Å². The molecule has 2 heterocycles. The minimum Gasteiger partial charge on any atom is -0.354 e. The van der Waals surface area contributed by atoms with Crippen LogP contribution in [0.15, 0.2) is 18.3 Å². The maximum Gasteiger partial charge on any atom is 0.225 e. The van der Waals surface area contributed by atoms with Gasteiger partial charge in [-0.15, -0.1) is 29.9 Å². The highest BCUT2D eigenvalue weighted by Gasteiger charge is 2.49. The number of carbonyl (C=O) groups excluding carboxylic acids is 1. The van der Waals surface area contributed by atoms with Gasteiger partial charge in [-0.05, 0) is 56.1 Å². The summed E-state index contributed by atoms with van der Waals surface area (Å²) in [6.07, 6.45) is 7.43. The number of carbonyl (C=O) groups is 1. The van der Waals surface area contributed by atoms with Crippen molar-refractivity contribution in [2.24, 2.45) is 23.5 Å². The fourth-order valence-electron chi connectivity index (χ4n) is 4.86. The molecule has 0 spiro atoms. The Hall–Kier alpha value is -1.11. The molecule has 1 saturated heterocycles. The molecular weight excluding hydrogens is 361 g/mol. The van der Waals surface area contributed by atoms with E-state index in [4.69, 9.17) is 5.73 Å². The maximum atomic E-state index is 12.6. The summed E-state index contributed by atoms with van der Waals surface area (Å²) in [4.78, 5) is 14.9. The van der Waals surface area contributed by atoms with E-state index in [2.05, 4.69) is 20.4 Å². The highest BCUT2D eigenvalue weighted by atomic mass is 35.5. The number of amides is 1. The molecule has 140 valence electrons. The minimum atomic E-state index is 0. The highest BCUT2D eigenvalue weighted by molar-refractivity contribution is 5.85. The van der Waals surface area contributed by atoms with Crippen LogP contribution in [0.2, 0.25) is 0 Å². The molecule has 25 heavy (non-hydrogen) atoms. The Labute approximate surface area is 161 Å². The van der Waals surface area contributed by atoms with Gasteiger partial charge in [-0.3, -0.25) is 4.79 Å². The Morgan fingerprint density at radius 2 is 2.08 bits per heavy atom. The summed E-state index contributed by atoms with van der Waals surface area (Å²) in [6, 6.07) is 4.27. The number of hydrogen-bond acceptors (Lipinski definition) is 5. The van der Waals surface area contributed by atoms with Gasteiger partial charge in [0.15, 0.2) is 5.82 Å². The first-order valence-electron chi connectivity index (χ1n) is 8.81. The van der Waals surface area contributed by atoms with E-state index in [0.29, 0.717) is 24.4 Å². The smallest absolute Gasteiger partial charge is 0.225 e. The van der Waals surface area contributed by atoms with Crippen molar-refractivity contribution >= 4 is 36.5 Å². The number of nitrogens with one attached hydrogen (secondary N) is 1. The SMILES string of the molecule is Cl.Cl.NC1C2CCC(C2)C1C(=O)NCC1CCCN1c1cccnn1. The first-order valence-corrected chi connectivity index (χ1v) is 8.81. The largest absolute Gasteiger partial charge is 0.354 e. The Bertz CT molecular complexity index is 573. The van der Waals surface area contributed by atoms with E-state index in [0.717, 1.165) is 31.6 Å². The predicted molar refractivity (Wildman–Crippen MR) is 102 cm³/mol. The van der Waals surface area contributed by atoms with Gasteiger partial charge in [0.2, 0.25) is 5.91 Å². The lowest BCUT2D eigenvalue weighted by atomic mass is 9.84. The predicted octanol–water partition coefficient (Wildman–Crippen LogP) is 1.78. The molecule has 2 saturated carbocycles. The van der Waals surface area contributed by atoms with Gasteiger partial charge in [0.1, 0.15) is 0 Å². The lowest BCUT2D eigenvalue weighted by molar-refractivity contribution is -0.127. The molecule has 1 aromatic rings. The van der Waals surface area contributed by atoms with Gasteiger partial charge >= 0.3 is 0 Å². The van der Waals surface area contributed by atoms with Crippen LogP contribution in [0, 0.1) is 17.8 Å². The van der Waals surface area contributed by atoms with Gasteiger partial charge in [0.05, 0.1) is 5.92 Å². The summed E-state index contributed by atoms with van der Waals surface area (Å²) >= 11 is 0. The van der Waals surface area contributed by atoms with Gasteiger partial charge in [0.25, 0.3) is 0 Å². The summed E-state index contributed by atoms with van der Waals surface area (Å²) in [6.45, 7) is 1.66. The number of hydrogen-bond donors (Lipinski definition) is 2. The van der Waals surface area contributed by atoms with Crippen molar-refractivity contribution in [3.63, 3.8) is 0 Å². The van der Waals surface area contributed by atoms with E-state index in [9.17, 15) is 4.79 Å². The van der Waals surface area contributed by atoms with Crippen molar-refractivity contribution < 1.29 is 4.79 Å². The molecule has 6 nitrogen and oxygen atoms in total. The Kier molecular flexibility index (Phi) is 6.88. The van der Waals surface area contributed by atoms with Crippen LogP contribution >= 0.6 is 24.8 Å². The van der Waals surface area contributed by atoms with Gasteiger partial charge < -0.3 is 16.0 Å². The summed E-state index contributed by atoms with van der Waals surface area (Å²) < 4.78 is 0. The molecule has 4 rings (SSSR count). The number of nitrogens with zero attached hydrogens (tertiary/aromatic N) is 3. The number of fused-ring (bicyclic) bond motifs is 2. The molecule has 0 radical (unpaired) electrons. The van der Waals surface area contributed by atoms with Crippen molar-refractivity contribution in [3.05, 3.63) is 18.3 Å². The third-order valence-corrected chi connectivity index (χ3v) is 6.02. The van der Waals surface area contributed by atoms with E-state index in [1.165, 1.54) is 12.8 Å². The molecule has 5 atom stereocenters. The van der Waals surface area contributed by atoms with Crippen LogP contribution < -0.4 is 16.0 Å². The molecule has 1 aliphatic heterocycles. The van der Waals surface area contributed by atoms with Crippen LogP contribution in [-0.2, 0) is 4.79 Å². The fraction of sp³-hybridized carbons (Fsp3) is 0.706. The summed E-state index contributed by atoms with van der Waals surface area (Å²) in [5.41, 5.74) is 6.28. The molecular formula is C17H27Cl2N5O. The molecule has 2 aliphatic carbocycles. The maximum absolute atomic E-state index is 12.6. The number of anilines is 1. The van der Waals surface area contributed by atoms with Gasteiger partial charge in [-0.2, -0.15) is 5.10 Å². The zero-order valence-corrected chi connectivity index (χ0v) is 15.8. The Balaban J connectivity index is 0.00000113. The lowest BCUT2D eigenvalue weighted by Gasteiger charge is -2.29. The number of nitrogens with two attached hydrogens (primary N) is 1. The van der Waals surface area contributed by atoms with Crippen molar-refractivity contribution in [2.75, 3.05) is 18.0 Å². The standard InChI is InChI=1S/C17H25N5O.2ClH/c18-16-12-6-5-11(9-12)15(16)17(23)19-10-13-3-2-8-22(13)14-4-1-7-20-21-14;;/h1,4,7,11-13,15-16H,2-3,5-6,8-10,18H2,(H,19,23);2*1H. The number of rotatable bonds is 4. The zero-order valence-electron chi connectivity index (χ0n) is 14.2. The fourth-order valence-corrected chi connectivity index (χ4v) is 4.86. The monoisotopic (exact) mass is 387 g/mol. The minimum absolute atomic E-state index is 0. The van der Waals surface area contributed by atoms with E-state index in [-0.39, 0.29) is 42.7 Å². The van der Waals surface area contributed by atoms with E-state index in [1.807, 2.05) is 12.1 Å².